The minimum absolute atomic E-state index is 0. The number of piperidine rings is 1. The fourth-order valence-corrected chi connectivity index (χ4v) is 2.52. The number of hydrogen-bond acceptors (Lipinski definition) is 4. The molecule has 7 nitrogen and oxygen atoms in total. The van der Waals surface area contributed by atoms with E-state index in [1.54, 1.807) is 0 Å². The number of nitrogens with one attached hydrogen (secondary N) is 2. The standard InChI is InChI=1S/C16H30N4O3.HI/c1-6-17-15(18-11-13(21)19-16(2,3)4)20-9-7-12(8-10-20)14(22)23-5;/h12H,6-11H2,1-5H3,(H,17,18)(H,19,21);1H. The maximum atomic E-state index is 11.9. The van der Waals surface area contributed by atoms with Crippen molar-refractivity contribution < 1.29 is 14.3 Å². The number of aliphatic imine (C=N–C) groups is 1. The molecule has 1 rings (SSSR count). The van der Waals surface area contributed by atoms with E-state index >= 15 is 0 Å². The highest BCUT2D eigenvalue weighted by atomic mass is 127. The molecule has 140 valence electrons. The highest BCUT2D eigenvalue weighted by Gasteiger charge is 2.27. The first-order valence-electron chi connectivity index (χ1n) is 8.19. The molecule has 0 atom stereocenters. The second kappa shape index (κ2) is 10.7. The van der Waals surface area contributed by atoms with Crippen LogP contribution >= 0.6 is 24.0 Å². The first-order valence-corrected chi connectivity index (χ1v) is 8.19. The predicted octanol–water partition coefficient (Wildman–Crippen LogP) is 1.37. The lowest BCUT2D eigenvalue weighted by Crippen LogP contribution is -2.47. The van der Waals surface area contributed by atoms with E-state index in [-0.39, 0.29) is 53.9 Å². The van der Waals surface area contributed by atoms with Crippen molar-refractivity contribution in [3.05, 3.63) is 0 Å². The molecular formula is C16H31IN4O3. The Labute approximate surface area is 162 Å². The van der Waals surface area contributed by atoms with Crippen LogP contribution in [0, 0.1) is 5.92 Å². The minimum Gasteiger partial charge on any atom is -0.469 e. The molecule has 0 aromatic heterocycles. The summed E-state index contributed by atoms with van der Waals surface area (Å²) in [6, 6.07) is 0. The summed E-state index contributed by atoms with van der Waals surface area (Å²) in [5.74, 6) is 0.441. The molecule has 1 amide bonds. The Morgan fingerprint density at radius 3 is 2.29 bits per heavy atom. The van der Waals surface area contributed by atoms with Gasteiger partial charge in [-0.25, -0.2) is 4.99 Å². The third-order valence-corrected chi connectivity index (χ3v) is 3.55. The first-order chi connectivity index (χ1) is 10.8. The summed E-state index contributed by atoms with van der Waals surface area (Å²) < 4.78 is 4.80. The number of halogens is 1. The normalized spacial score (nSPS) is 16.2. The van der Waals surface area contributed by atoms with Gasteiger partial charge in [-0.1, -0.05) is 0 Å². The van der Waals surface area contributed by atoms with Gasteiger partial charge in [0.15, 0.2) is 5.96 Å². The van der Waals surface area contributed by atoms with E-state index < -0.39 is 0 Å². The lowest BCUT2D eigenvalue weighted by atomic mass is 9.97. The fraction of sp³-hybridized carbons (Fsp3) is 0.812. The largest absolute Gasteiger partial charge is 0.469 e. The number of rotatable bonds is 4. The summed E-state index contributed by atoms with van der Waals surface area (Å²) in [5, 5.41) is 6.10. The van der Waals surface area contributed by atoms with Crippen LogP contribution in [0.2, 0.25) is 0 Å². The molecule has 0 bridgehead atoms. The van der Waals surface area contributed by atoms with Gasteiger partial charge in [0.05, 0.1) is 13.0 Å². The molecule has 0 radical (unpaired) electrons. The van der Waals surface area contributed by atoms with Crippen molar-refractivity contribution in [2.24, 2.45) is 10.9 Å². The lowest BCUT2D eigenvalue weighted by molar-refractivity contribution is -0.146. The molecular weight excluding hydrogens is 423 g/mol. The van der Waals surface area contributed by atoms with E-state index in [1.807, 2.05) is 27.7 Å². The second-order valence-corrected chi connectivity index (χ2v) is 6.75. The molecule has 1 aliphatic rings. The van der Waals surface area contributed by atoms with Crippen LogP contribution in [-0.2, 0) is 14.3 Å². The Bertz CT molecular complexity index is 441. The number of carbonyl (C=O) groups excluding carboxylic acids is 2. The Balaban J connectivity index is 0.00000529. The Morgan fingerprint density at radius 2 is 1.83 bits per heavy atom. The molecule has 0 spiro atoms. The van der Waals surface area contributed by atoms with Gasteiger partial charge in [0, 0.05) is 25.2 Å². The monoisotopic (exact) mass is 454 g/mol. The summed E-state index contributed by atoms with van der Waals surface area (Å²) in [6.45, 7) is 10.1. The lowest BCUT2D eigenvalue weighted by Gasteiger charge is -2.33. The molecule has 1 aliphatic heterocycles. The Kier molecular flexibility index (Phi) is 10.3. The van der Waals surface area contributed by atoms with Gasteiger partial charge >= 0.3 is 5.97 Å². The number of methoxy groups -OCH3 is 1. The number of guanidine groups is 1. The van der Waals surface area contributed by atoms with Crippen LogP contribution < -0.4 is 10.6 Å². The van der Waals surface area contributed by atoms with Crippen molar-refractivity contribution in [3.63, 3.8) is 0 Å². The van der Waals surface area contributed by atoms with E-state index in [2.05, 4.69) is 20.5 Å². The zero-order valence-electron chi connectivity index (χ0n) is 15.3. The van der Waals surface area contributed by atoms with Crippen LogP contribution in [0.3, 0.4) is 0 Å². The van der Waals surface area contributed by atoms with Crippen LogP contribution in [0.1, 0.15) is 40.5 Å². The predicted molar refractivity (Wildman–Crippen MR) is 106 cm³/mol. The summed E-state index contributed by atoms with van der Waals surface area (Å²) >= 11 is 0. The third-order valence-electron chi connectivity index (χ3n) is 3.55. The van der Waals surface area contributed by atoms with Crippen molar-refractivity contribution >= 4 is 41.8 Å². The number of likely N-dealkylation sites (tertiary alicyclic amines) is 1. The molecule has 0 aliphatic carbocycles. The van der Waals surface area contributed by atoms with Crippen LogP contribution in [0.4, 0.5) is 0 Å². The van der Waals surface area contributed by atoms with Gasteiger partial charge in [0.25, 0.3) is 0 Å². The zero-order chi connectivity index (χ0) is 17.5. The first kappa shape index (κ1) is 22.9. The number of esters is 1. The number of carbonyl (C=O) groups is 2. The molecule has 24 heavy (non-hydrogen) atoms. The van der Waals surface area contributed by atoms with E-state index in [0.29, 0.717) is 0 Å². The SMILES string of the molecule is CCNC(=NCC(=O)NC(C)(C)C)N1CCC(C(=O)OC)CC1.I. The van der Waals surface area contributed by atoms with Gasteiger partial charge in [-0.15, -0.1) is 24.0 Å². The van der Waals surface area contributed by atoms with E-state index in [0.717, 1.165) is 38.4 Å². The van der Waals surface area contributed by atoms with Crippen molar-refractivity contribution in [2.75, 3.05) is 33.3 Å². The molecule has 1 heterocycles. The maximum absolute atomic E-state index is 11.9. The summed E-state index contributed by atoms with van der Waals surface area (Å²) in [7, 11) is 1.42. The summed E-state index contributed by atoms with van der Waals surface area (Å²) in [6.07, 6.45) is 1.48. The van der Waals surface area contributed by atoms with Gasteiger partial charge in [0.1, 0.15) is 6.54 Å². The highest BCUT2D eigenvalue weighted by Crippen LogP contribution is 2.18. The number of hydrogen-bond donors (Lipinski definition) is 2. The smallest absolute Gasteiger partial charge is 0.308 e. The van der Waals surface area contributed by atoms with Gasteiger partial charge in [-0.3, -0.25) is 9.59 Å². The topological polar surface area (TPSA) is 83.0 Å². The third kappa shape index (κ3) is 8.16. The second-order valence-electron chi connectivity index (χ2n) is 6.75. The van der Waals surface area contributed by atoms with E-state index in [9.17, 15) is 9.59 Å². The quantitative estimate of drug-likeness (QED) is 0.290. The van der Waals surface area contributed by atoms with Crippen LogP contribution in [0.15, 0.2) is 4.99 Å². The number of nitrogens with zero attached hydrogens (tertiary/aromatic N) is 2. The number of ether oxygens (including phenoxy) is 1. The summed E-state index contributed by atoms with van der Waals surface area (Å²) in [5.41, 5.74) is -0.260. The number of amides is 1. The minimum atomic E-state index is -0.260. The van der Waals surface area contributed by atoms with Crippen molar-refractivity contribution in [3.8, 4) is 0 Å². The Hall–Kier alpha value is -1.06. The molecule has 0 aromatic carbocycles. The molecule has 2 N–H and O–H groups in total. The molecule has 0 aromatic rings. The molecule has 0 saturated carbocycles. The molecule has 0 unspecified atom stereocenters. The van der Waals surface area contributed by atoms with Crippen LogP contribution in [0.5, 0.6) is 0 Å². The average molecular weight is 454 g/mol. The average Bonchev–Trinajstić information content (AvgIpc) is 2.49. The highest BCUT2D eigenvalue weighted by molar-refractivity contribution is 14.0. The van der Waals surface area contributed by atoms with Gasteiger partial charge in [0.2, 0.25) is 5.91 Å². The zero-order valence-corrected chi connectivity index (χ0v) is 17.7. The van der Waals surface area contributed by atoms with Crippen molar-refractivity contribution in [2.45, 2.75) is 46.1 Å². The van der Waals surface area contributed by atoms with Crippen molar-refractivity contribution in [1.29, 1.82) is 0 Å². The molecule has 1 saturated heterocycles. The van der Waals surface area contributed by atoms with Gasteiger partial charge in [-0.05, 0) is 40.5 Å². The summed E-state index contributed by atoms with van der Waals surface area (Å²) in [4.78, 5) is 30.0. The van der Waals surface area contributed by atoms with Crippen molar-refractivity contribution in [1.82, 2.24) is 15.5 Å². The van der Waals surface area contributed by atoms with Gasteiger partial charge in [-0.2, -0.15) is 0 Å². The van der Waals surface area contributed by atoms with Crippen LogP contribution in [-0.4, -0.2) is 61.6 Å². The van der Waals surface area contributed by atoms with E-state index in [1.165, 1.54) is 7.11 Å². The Morgan fingerprint density at radius 1 is 1.25 bits per heavy atom. The maximum Gasteiger partial charge on any atom is 0.308 e. The molecule has 8 heteroatoms. The van der Waals surface area contributed by atoms with Crippen LogP contribution in [0.25, 0.3) is 0 Å². The molecule has 1 fully saturated rings. The van der Waals surface area contributed by atoms with Gasteiger partial charge < -0.3 is 20.3 Å². The van der Waals surface area contributed by atoms with E-state index in [4.69, 9.17) is 4.74 Å². The fourth-order valence-electron chi connectivity index (χ4n) is 2.52.